The average molecular weight is 160 g/mol. The van der Waals surface area contributed by atoms with Crippen LogP contribution < -0.4 is 40.4 Å². The molecule has 0 radical (unpaired) electrons. The molecule has 0 aromatic carbocycles. The summed E-state index contributed by atoms with van der Waals surface area (Å²) in [7, 11) is 0. The maximum Gasteiger partial charge on any atom is 1.00 e. The average Bonchev–Trinajstić information content (AvgIpc) is 1.88. The summed E-state index contributed by atoms with van der Waals surface area (Å²) in [5, 5.41) is 10.2. The molecule has 1 rings (SSSR count). The Kier molecular flexibility index (Phi) is 4.10. The zero-order valence-corrected chi connectivity index (χ0v) is 8.07. The van der Waals surface area contributed by atoms with Crippen molar-refractivity contribution in [2.24, 2.45) is 0 Å². The maximum absolute atomic E-state index is 10.2. The van der Waals surface area contributed by atoms with Crippen LogP contribution in [0.25, 0.3) is 0 Å². The molecule has 2 N–H and O–H groups in total. The van der Waals surface area contributed by atoms with Crippen LogP contribution in [0.1, 0.15) is 10.4 Å². The topological polar surface area (TPSA) is 79.0 Å². The zero-order valence-electron chi connectivity index (χ0n) is 6.07. The van der Waals surface area contributed by atoms with Crippen LogP contribution in [0.3, 0.4) is 0 Å². The van der Waals surface area contributed by atoms with Crippen LogP contribution >= 0.6 is 0 Å². The molecule has 1 heterocycles. The summed E-state index contributed by atoms with van der Waals surface area (Å²) in [5.41, 5.74) is 5.12. The zero-order chi connectivity index (χ0) is 7.56. The minimum absolute atomic E-state index is 0. The Morgan fingerprint density at radius 3 is 2.64 bits per heavy atom. The fourth-order valence-electron chi connectivity index (χ4n) is 0.590. The molecule has 0 aliphatic carbocycles. The number of anilines is 1. The fraction of sp³-hybridized carbons (Fsp3) is 0. The molecule has 0 amide bonds. The molecule has 0 aliphatic rings. The summed E-state index contributed by atoms with van der Waals surface area (Å²) < 4.78 is 0. The van der Waals surface area contributed by atoms with Gasteiger partial charge in [-0.2, -0.15) is 0 Å². The maximum atomic E-state index is 10.2. The molecule has 11 heavy (non-hydrogen) atoms. The summed E-state index contributed by atoms with van der Waals surface area (Å²) in [6, 6.07) is 2.83. The van der Waals surface area contributed by atoms with E-state index < -0.39 is 5.97 Å². The second-order valence-corrected chi connectivity index (χ2v) is 1.72. The van der Waals surface area contributed by atoms with Gasteiger partial charge in [0.25, 0.3) is 0 Å². The van der Waals surface area contributed by atoms with Crippen molar-refractivity contribution in [3.05, 3.63) is 23.9 Å². The van der Waals surface area contributed by atoms with Gasteiger partial charge in [-0.1, -0.05) is 0 Å². The molecule has 1 aromatic rings. The fourth-order valence-corrected chi connectivity index (χ4v) is 0.590. The third kappa shape index (κ3) is 2.49. The van der Waals surface area contributed by atoms with E-state index in [0.717, 1.165) is 0 Å². The quantitative estimate of drug-likeness (QED) is 0.425. The number of aromatic carboxylic acids is 1. The van der Waals surface area contributed by atoms with Crippen molar-refractivity contribution < 1.29 is 39.5 Å². The number of nitrogens with zero attached hydrogens (tertiary/aromatic N) is 1. The van der Waals surface area contributed by atoms with Gasteiger partial charge in [0, 0.05) is 11.8 Å². The van der Waals surface area contributed by atoms with Gasteiger partial charge in [-0.3, -0.25) is 0 Å². The van der Waals surface area contributed by atoms with Crippen molar-refractivity contribution in [3.63, 3.8) is 0 Å². The first-order valence-corrected chi connectivity index (χ1v) is 2.63. The number of carboxylic acid groups (broad SMARTS) is 1. The second-order valence-electron chi connectivity index (χ2n) is 1.72. The molecule has 52 valence electrons. The van der Waals surface area contributed by atoms with Crippen LogP contribution in [-0.4, -0.2) is 11.0 Å². The van der Waals surface area contributed by atoms with E-state index in [1.165, 1.54) is 18.3 Å². The third-order valence-corrected chi connectivity index (χ3v) is 1.06. The van der Waals surface area contributed by atoms with Crippen LogP contribution in [0.2, 0.25) is 0 Å². The Labute approximate surface area is 85.7 Å². The smallest absolute Gasteiger partial charge is 0.545 e. The Bertz CT molecular complexity index is 265. The van der Waals surface area contributed by atoms with E-state index in [4.69, 9.17) is 5.73 Å². The minimum Gasteiger partial charge on any atom is -0.545 e. The number of nitrogens with two attached hydrogens (primary N) is 1. The standard InChI is InChI=1S/C6H6N2O2.Na/c7-5-4(6(9)10)2-1-3-8-5;/h1-3H,(H2,7,8)(H,9,10);/q;+1/p-1. The van der Waals surface area contributed by atoms with E-state index in [0.29, 0.717) is 0 Å². The summed E-state index contributed by atoms with van der Waals surface area (Å²) in [4.78, 5) is 13.7. The van der Waals surface area contributed by atoms with Gasteiger partial charge in [0.05, 0.1) is 5.97 Å². The van der Waals surface area contributed by atoms with Crippen LogP contribution in [0.15, 0.2) is 18.3 Å². The molecule has 0 aliphatic heterocycles. The molecular weight excluding hydrogens is 155 g/mol. The van der Waals surface area contributed by atoms with Gasteiger partial charge in [0.2, 0.25) is 0 Å². The van der Waals surface area contributed by atoms with Gasteiger partial charge in [0.15, 0.2) is 0 Å². The molecule has 0 saturated carbocycles. The number of carbonyl (C=O) groups is 1. The van der Waals surface area contributed by atoms with Crippen LogP contribution in [0.5, 0.6) is 0 Å². The molecule has 4 nitrogen and oxygen atoms in total. The number of pyridine rings is 1. The predicted octanol–water partition coefficient (Wildman–Crippen LogP) is -3.97. The van der Waals surface area contributed by atoms with Gasteiger partial charge in [0.1, 0.15) is 5.82 Å². The van der Waals surface area contributed by atoms with Crippen LogP contribution in [0.4, 0.5) is 5.82 Å². The van der Waals surface area contributed by atoms with E-state index in [-0.39, 0.29) is 40.9 Å². The van der Waals surface area contributed by atoms with Gasteiger partial charge in [-0.25, -0.2) is 4.98 Å². The number of carbonyl (C=O) groups excluding carboxylic acids is 1. The third-order valence-electron chi connectivity index (χ3n) is 1.06. The Morgan fingerprint density at radius 2 is 2.27 bits per heavy atom. The van der Waals surface area contributed by atoms with E-state index in [9.17, 15) is 9.90 Å². The molecule has 0 saturated heterocycles. The molecule has 0 bridgehead atoms. The van der Waals surface area contributed by atoms with Gasteiger partial charge < -0.3 is 15.6 Å². The van der Waals surface area contributed by atoms with E-state index in [1.807, 2.05) is 0 Å². The molecule has 0 atom stereocenters. The molecule has 0 unspecified atom stereocenters. The Morgan fingerprint density at radius 1 is 1.64 bits per heavy atom. The number of hydrogen-bond acceptors (Lipinski definition) is 4. The SMILES string of the molecule is Nc1ncccc1C(=O)[O-].[Na+]. The Balaban J connectivity index is 0.000001000. The first kappa shape index (κ1) is 10.4. The van der Waals surface area contributed by atoms with Crippen molar-refractivity contribution >= 4 is 11.8 Å². The summed E-state index contributed by atoms with van der Waals surface area (Å²) >= 11 is 0. The van der Waals surface area contributed by atoms with Gasteiger partial charge in [-0.15, -0.1) is 0 Å². The number of aromatic nitrogens is 1. The molecule has 0 fully saturated rings. The molecule has 0 spiro atoms. The number of hydrogen-bond donors (Lipinski definition) is 1. The van der Waals surface area contributed by atoms with Crippen molar-refractivity contribution in [1.29, 1.82) is 0 Å². The normalized spacial score (nSPS) is 8.36. The van der Waals surface area contributed by atoms with E-state index >= 15 is 0 Å². The van der Waals surface area contributed by atoms with Crippen molar-refractivity contribution in [3.8, 4) is 0 Å². The Hall–Kier alpha value is -0.580. The summed E-state index contributed by atoms with van der Waals surface area (Å²) in [5.74, 6) is -1.31. The van der Waals surface area contributed by atoms with Gasteiger partial charge in [-0.05, 0) is 12.1 Å². The van der Waals surface area contributed by atoms with Gasteiger partial charge >= 0.3 is 29.6 Å². The van der Waals surface area contributed by atoms with Crippen LogP contribution in [0, 0.1) is 0 Å². The van der Waals surface area contributed by atoms with E-state index in [1.54, 1.807) is 0 Å². The van der Waals surface area contributed by atoms with Crippen molar-refractivity contribution in [2.75, 3.05) is 5.73 Å². The predicted molar refractivity (Wildman–Crippen MR) is 33.0 cm³/mol. The first-order chi connectivity index (χ1) is 4.72. The molecule has 1 aromatic heterocycles. The van der Waals surface area contributed by atoms with E-state index in [2.05, 4.69) is 4.98 Å². The van der Waals surface area contributed by atoms with Crippen molar-refractivity contribution in [1.82, 2.24) is 4.98 Å². The number of nitrogen functional groups attached to an aromatic ring is 1. The minimum atomic E-state index is -1.30. The second kappa shape index (κ2) is 4.33. The molecule has 5 heteroatoms. The summed E-state index contributed by atoms with van der Waals surface area (Å²) in [6.45, 7) is 0. The summed E-state index contributed by atoms with van der Waals surface area (Å²) in [6.07, 6.45) is 1.42. The van der Waals surface area contributed by atoms with Crippen LogP contribution in [-0.2, 0) is 0 Å². The number of carboxylic acids is 1. The first-order valence-electron chi connectivity index (χ1n) is 2.63. The van der Waals surface area contributed by atoms with Crippen molar-refractivity contribution in [2.45, 2.75) is 0 Å². The largest absolute Gasteiger partial charge is 1.00 e. The number of rotatable bonds is 1. The monoisotopic (exact) mass is 160 g/mol. The molecular formula is C6H5N2NaO2.